The zero-order valence-electron chi connectivity index (χ0n) is 17.1. The molecule has 0 spiro atoms. The third-order valence-corrected chi connectivity index (χ3v) is 5.61. The maximum atomic E-state index is 6.63. The van der Waals surface area contributed by atoms with E-state index in [1.807, 2.05) is 0 Å². The Balaban J connectivity index is 0.00000338. The SMILES string of the molecule is CCCCCCCCCCCC(N)c1c(C)c(C)cc2ccccc12.O. The molecule has 0 amide bonds. The molecule has 26 heavy (non-hydrogen) atoms. The van der Waals surface area contributed by atoms with Crippen molar-refractivity contribution in [2.75, 3.05) is 0 Å². The van der Waals surface area contributed by atoms with Crippen molar-refractivity contribution in [1.82, 2.24) is 0 Å². The number of benzene rings is 2. The Morgan fingerprint density at radius 3 is 2.08 bits per heavy atom. The summed E-state index contributed by atoms with van der Waals surface area (Å²) in [6, 6.07) is 11.1. The average Bonchev–Trinajstić information content (AvgIpc) is 2.61. The molecular weight excluding hydrogens is 318 g/mol. The van der Waals surface area contributed by atoms with Crippen molar-refractivity contribution in [3.05, 3.63) is 47.0 Å². The first-order valence-electron chi connectivity index (χ1n) is 10.4. The first kappa shape index (κ1) is 22.7. The molecule has 0 saturated carbocycles. The van der Waals surface area contributed by atoms with Crippen LogP contribution in [-0.4, -0.2) is 5.48 Å². The highest BCUT2D eigenvalue weighted by Gasteiger charge is 2.14. The summed E-state index contributed by atoms with van der Waals surface area (Å²) < 4.78 is 0. The van der Waals surface area contributed by atoms with E-state index < -0.39 is 0 Å². The van der Waals surface area contributed by atoms with Crippen molar-refractivity contribution in [3.63, 3.8) is 0 Å². The topological polar surface area (TPSA) is 57.5 Å². The summed E-state index contributed by atoms with van der Waals surface area (Å²) in [4.78, 5) is 0. The van der Waals surface area contributed by atoms with Gasteiger partial charge in [0.15, 0.2) is 0 Å². The standard InChI is InChI=1S/C24H37N.H2O/c1-4-5-6-7-8-9-10-11-12-17-23(25)24-20(3)19(2)18-21-15-13-14-16-22(21)24;/h13-16,18,23H,4-12,17,25H2,1-3H3;1H2. The number of nitrogens with two attached hydrogens (primary N) is 1. The molecule has 146 valence electrons. The Morgan fingerprint density at radius 2 is 1.42 bits per heavy atom. The van der Waals surface area contributed by atoms with Gasteiger partial charge in [-0.15, -0.1) is 0 Å². The van der Waals surface area contributed by atoms with Gasteiger partial charge in [0, 0.05) is 6.04 Å². The summed E-state index contributed by atoms with van der Waals surface area (Å²) in [5.74, 6) is 0. The minimum Gasteiger partial charge on any atom is -0.412 e. The molecule has 0 aromatic heterocycles. The monoisotopic (exact) mass is 357 g/mol. The molecule has 2 aromatic carbocycles. The molecular formula is C24H39NO. The predicted octanol–water partition coefficient (Wildman–Crippen LogP) is 6.55. The fraction of sp³-hybridized carbons (Fsp3) is 0.583. The molecule has 1 atom stereocenters. The minimum atomic E-state index is 0. The molecule has 0 saturated heterocycles. The van der Waals surface area contributed by atoms with Gasteiger partial charge in [-0.05, 0) is 47.7 Å². The van der Waals surface area contributed by atoms with Crippen LogP contribution < -0.4 is 5.73 Å². The molecule has 0 heterocycles. The highest BCUT2D eigenvalue weighted by Crippen LogP contribution is 2.31. The summed E-state index contributed by atoms with van der Waals surface area (Å²) in [7, 11) is 0. The van der Waals surface area contributed by atoms with Crippen molar-refractivity contribution in [2.45, 2.75) is 91.0 Å². The molecule has 2 rings (SSSR count). The minimum absolute atomic E-state index is 0. The molecule has 1 unspecified atom stereocenters. The highest BCUT2D eigenvalue weighted by molar-refractivity contribution is 5.88. The molecule has 0 aliphatic heterocycles. The third-order valence-electron chi connectivity index (χ3n) is 5.61. The molecule has 0 bridgehead atoms. The molecule has 0 radical (unpaired) electrons. The second-order valence-corrected chi connectivity index (χ2v) is 7.68. The summed E-state index contributed by atoms with van der Waals surface area (Å²) >= 11 is 0. The number of hydrogen-bond acceptors (Lipinski definition) is 1. The third kappa shape index (κ3) is 6.41. The van der Waals surface area contributed by atoms with Gasteiger partial charge in [-0.2, -0.15) is 0 Å². The van der Waals surface area contributed by atoms with E-state index in [0.29, 0.717) is 0 Å². The highest BCUT2D eigenvalue weighted by atomic mass is 16.0. The van der Waals surface area contributed by atoms with Gasteiger partial charge in [0.1, 0.15) is 0 Å². The van der Waals surface area contributed by atoms with Crippen LogP contribution in [0, 0.1) is 13.8 Å². The Morgan fingerprint density at radius 1 is 0.846 bits per heavy atom. The fourth-order valence-corrected chi connectivity index (χ4v) is 3.92. The average molecular weight is 358 g/mol. The van der Waals surface area contributed by atoms with Crippen LogP contribution in [-0.2, 0) is 0 Å². The van der Waals surface area contributed by atoms with Gasteiger partial charge in [-0.3, -0.25) is 0 Å². The zero-order valence-corrected chi connectivity index (χ0v) is 17.1. The maximum Gasteiger partial charge on any atom is 0.0303 e. The van der Waals surface area contributed by atoms with Crippen LogP contribution in [0.4, 0.5) is 0 Å². The molecule has 2 nitrogen and oxygen atoms in total. The van der Waals surface area contributed by atoms with Crippen LogP contribution in [0.25, 0.3) is 10.8 Å². The Kier molecular flexibility index (Phi) is 10.5. The van der Waals surface area contributed by atoms with E-state index in [2.05, 4.69) is 51.1 Å². The van der Waals surface area contributed by atoms with Crippen LogP contribution in [0.3, 0.4) is 0 Å². The summed E-state index contributed by atoms with van der Waals surface area (Å²) in [5.41, 5.74) is 10.7. The van der Waals surface area contributed by atoms with Gasteiger partial charge in [-0.1, -0.05) is 95.0 Å². The van der Waals surface area contributed by atoms with E-state index in [1.165, 1.54) is 85.3 Å². The smallest absolute Gasteiger partial charge is 0.0303 e. The van der Waals surface area contributed by atoms with Gasteiger partial charge >= 0.3 is 0 Å². The van der Waals surface area contributed by atoms with Crippen molar-refractivity contribution in [1.29, 1.82) is 0 Å². The van der Waals surface area contributed by atoms with Crippen molar-refractivity contribution >= 4 is 10.8 Å². The number of fused-ring (bicyclic) bond motifs is 1. The molecule has 4 N–H and O–H groups in total. The Hall–Kier alpha value is -1.38. The Labute approximate surface area is 160 Å². The summed E-state index contributed by atoms with van der Waals surface area (Å²) in [6.45, 7) is 6.71. The summed E-state index contributed by atoms with van der Waals surface area (Å²) in [5, 5.41) is 2.66. The summed E-state index contributed by atoms with van der Waals surface area (Å²) in [6.07, 6.45) is 13.4. The quantitative estimate of drug-likeness (QED) is 0.455. The van der Waals surface area contributed by atoms with E-state index in [9.17, 15) is 0 Å². The van der Waals surface area contributed by atoms with Crippen LogP contribution in [0.15, 0.2) is 30.3 Å². The van der Waals surface area contributed by atoms with Gasteiger partial charge in [0.05, 0.1) is 0 Å². The molecule has 0 aliphatic rings. The van der Waals surface area contributed by atoms with E-state index in [1.54, 1.807) is 0 Å². The lowest BCUT2D eigenvalue weighted by molar-refractivity contribution is 0.532. The number of rotatable bonds is 11. The van der Waals surface area contributed by atoms with E-state index in [-0.39, 0.29) is 11.5 Å². The lowest BCUT2D eigenvalue weighted by Crippen LogP contribution is -2.13. The van der Waals surface area contributed by atoms with Crippen molar-refractivity contribution in [2.24, 2.45) is 5.73 Å². The molecule has 2 aromatic rings. The molecule has 0 fully saturated rings. The van der Waals surface area contributed by atoms with Crippen LogP contribution in [0.5, 0.6) is 0 Å². The second kappa shape index (κ2) is 12.1. The maximum absolute atomic E-state index is 6.63. The van der Waals surface area contributed by atoms with E-state index in [4.69, 9.17) is 5.73 Å². The van der Waals surface area contributed by atoms with Gasteiger partial charge in [-0.25, -0.2) is 0 Å². The van der Waals surface area contributed by atoms with Crippen LogP contribution in [0.2, 0.25) is 0 Å². The Bertz CT molecular complexity index is 650. The second-order valence-electron chi connectivity index (χ2n) is 7.68. The lowest BCUT2D eigenvalue weighted by Gasteiger charge is -2.19. The normalized spacial score (nSPS) is 12.2. The molecule has 2 heteroatoms. The number of aryl methyl sites for hydroxylation is 1. The lowest BCUT2D eigenvalue weighted by atomic mass is 9.89. The first-order valence-corrected chi connectivity index (χ1v) is 10.4. The van der Waals surface area contributed by atoms with Crippen LogP contribution in [0.1, 0.15) is 93.9 Å². The molecule has 0 aliphatic carbocycles. The largest absolute Gasteiger partial charge is 0.412 e. The van der Waals surface area contributed by atoms with E-state index in [0.717, 1.165) is 6.42 Å². The predicted molar refractivity (Wildman–Crippen MR) is 116 cm³/mol. The van der Waals surface area contributed by atoms with Gasteiger partial charge in [0.2, 0.25) is 0 Å². The first-order chi connectivity index (χ1) is 12.1. The van der Waals surface area contributed by atoms with Gasteiger partial charge < -0.3 is 11.2 Å². The van der Waals surface area contributed by atoms with Crippen LogP contribution >= 0.6 is 0 Å². The van der Waals surface area contributed by atoms with E-state index >= 15 is 0 Å². The number of hydrogen-bond donors (Lipinski definition) is 1. The fourth-order valence-electron chi connectivity index (χ4n) is 3.92. The number of unbranched alkanes of at least 4 members (excludes halogenated alkanes) is 8. The van der Waals surface area contributed by atoms with Crippen molar-refractivity contribution in [3.8, 4) is 0 Å². The zero-order chi connectivity index (χ0) is 18.1. The van der Waals surface area contributed by atoms with Gasteiger partial charge in [0.25, 0.3) is 0 Å². The van der Waals surface area contributed by atoms with Crippen molar-refractivity contribution < 1.29 is 5.48 Å².